The monoisotopic (exact) mass is 354 g/mol. The number of halogens is 1. The maximum Gasteiger partial charge on any atom is 0.163 e. The molecule has 0 amide bonds. The van der Waals surface area contributed by atoms with Crippen molar-refractivity contribution < 1.29 is 9.59 Å². The number of ketones is 2. The molecular formula is C22H23ClO2. The Morgan fingerprint density at radius 2 is 1.72 bits per heavy atom. The lowest BCUT2D eigenvalue weighted by molar-refractivity contribution is -0.123. The van der Waals surface area contributed by atoms with Gasteiger partial charge in [0, 0.05) is 35.3 Å². The zero-order valence-corrected chi connectivity index (χ0v) is 15.0. The first kappa shape index (κ1) is 17.9. The van der Waals surface area contributed by atoms with Crippen LogP contribution in [0.15, 0.2) is 54.6 Å². The van der Waals surface area contributed by atoms with Crippen LogP contribution in [0.4, 0.5) is 0 Å². The molecule has 2 aromatic carbocycles. The van der Waals surface area contributed by atoms with Crippen molar-refractivity contribution in [2.75, 3.05) is 0 Å². The molecule has 0 heterocycles. The van der Waals surface area contributed by atoms with E-state index in [2.05, 4.69) is 0 Å². The minimum Gasteiger partial charge on any atom is -0.299 e. The highest BCUT2D eigenvalue weighted by Crippen LogP contribution is 2.36. The molecule has 1 aliphatic carbocycles. The molecule has 0 N–H and O–H groups in total. The highest BCUT2D eigenvalue weighted by Gasteiger charge is 2.32. The lowest BCUT2D eigenvalue weighted by Gasteiger charge is -2.25. The second kappa shape index (κ2) is 8.44. The van der Waals surface area contributed by atoms with Gasteiger partial charge in [0.15, 0.2) is 5.78 Å². The molecule has 2 nitrogen and oxygen atoms in total. The van der Waals surface area contributed by atoms with Crippen LogP contribution >= 0.6 is 11.6 Å². The van der Waals surface area contributed by atoms with Crippen molar-refractivity contribution >= 4 is 23.2 Å². The fourth-order valence-corrected chi connectivity index (χ4v) is 3.88. The Morgan fingerprint density at radius 3 is 2.44 bits per heavy atom. The van der Waals surface area contributed by atoms with Gasteiger partial charge in [-0.1, -0.05) is 66.9 Å². The summed E-state index contributed by atoms with van der Waals surface area (Å²) in [6.45, 7) is 0. The average Bonchev–Trinajstić information content (AvgIpc) is 2.85. The summed E-state index contributed by atoms with van der Waals surface area (Å²) in [6.07, 6.45) is 4.99. The number of benzene rings is 2. The number of hydrogen-bond acceptors (Lipinski definition) is 2. The van der Waals surface area contributed by atoms with Gasteiger partial charge in [0.05, 0.1) is 0 Å². The third kappa shape index (κ3) is 4.58. The Morgan fingerprint density at radius 1 is 1.00 bits per heavy atom. The van der Waals surface area contributed by atoms with Crippen LogP contribution in [-0.2, 0) is 4.79 Å². The van der Waals surface area contributed by atoms with E-state index in [0.717, 1.165) is 31.2 Å². The smallest absolute Gasteiger partial charge is 0.163 e. The first-order chi connectivity index (χ1) is 12.1. The summed E-state index contributed by atoms with van der Waals surface area (Å²) in [6, 6.07) is 17.0. The van der Waals surface area contributed by atoms with E-state index in [0.29, 0.717) is 29.2 Å². The van der Waals surface area contributed by atoms with Crippen LogP contribution in [0, 0.1) is 5.92 Å². The molecule has 0 radical (unpaired) electrons. The van der Waals surface area contributed by atoms with Gasteiger partial charge >= 0.3 is 0 Å². The number of carbonyl (C=O) groups is 2. The van der Waals surface area contributed by atoms with Crippen LogP contribution in [0.3, 0.4) is 0 Å². The van der Waals surface area contributed by atoms with Gasteiger partial charge in [0.2, 0.25) is 0 Å². The first-order valence-electron chi connectivity index (χ1n) is 9.01. The van der Waals surface area contributed by atoms with Crippen molar-refractivity contribution in [1.29, 1.82) is 0 Å². The number of Topliss-reactive ketones (excluding diaryl/α,β-unsaturated/α-hetero) is 2. The molecule has 0 saturated heterocycles. The average molecular weight is 355 g/mol. The van der Waals surface area contributed by atoms with E-state index < -0.39 is 0 Å². The van der Waals surface area contributed by atoms with Crippen LogP contribution in [0.25, 0.3) is 0 Å². The molecule has 0 aromatic heterocycles. The molecule has 3 heteroatoms. The topological polar surface area (TPSA) is 34.1 Å². The fraction of sp³-hybridized carbons (Fsp3) is 0.364. The van der Waals surface area contributed by atoms with Gasteiger partial charge < -0.3 is 0 Å². The normalized spacial score (nSPS) is 19.2. The molecule has 3 rings (SSSR count). The van der Waals surface area contributed by atoms with Gasteiger partial charge in [-0.2, -0.15) is 0 Å². The van der Waals surface area contributed by atoms with Crippen LogP contribution in [0.5, 0.6) is 0 Å². The molecule has 1 fully saturated rings. The van der Waals surface area contributed by atoms with Crippen LogP contribution in [0.1, 0.15) is 60.4 Å². The minimum atomic E-state index is -0.0735. The predicted molar refractivity (Wildman–Crippen MR) is 101 cm³/mol. The van der Waals surface area contributed by atoms with Gasteiger partial charge in [-0.3, -0.25) is 9.59 Å². The van der Waals surface area contributed by atoms with Crippen LogP contribution in [-0.4, -0.2) is 11.6 Å². The van der Waals surface area contributed by atoms with E-state index >= 15 is 0 Å². The maximum absolute atomic E-state index is 12.8. The van der Waals surface area contributed by atoms with Crippen molar-refractivity contribution in [3.8, 4) is 0 Å². The summed E-state index contributed by atoms with van der Waals surface area (Å²) in [5, 5.41) is 0.670. The molecule has 2 atom stereocenters. The van der Waals surface area contributed by atoms with Crippen molar-refractivity contribution in [2.24, 2.45) is 5.92 Å². The molecule has 130 valence electrons. The zero-order valence-electron chi connectivity index (χ0n) is 14.3. The summed E-state index contributed by atoms with van der Waals surface area (Å²) in [4.78, 5) is 25.5. The molecule has 2 aromatic rings. The van der Waals surface area contributed by atoms with E-state index in [1.807, 2.05) is 54.6 Å². The summed E-state index contributed by atoms with van der Waals surface area (Å²) in [5.41, 5.74) is 1.75. The Hall–Kier alpha value is -1.93. The van der Waals surface area contributed by atoms with E-state index in [-0.39, 0.29) is 17.6 Å². The summed E-state index contributed by atoms with van der Waals surface area (Å²) < 4.78 is 0. The van der Waals surface area contributed by atoms with Gasteiger partial charge in [0.25, 0.3) is 0 Å². The second-order valence-corrected chi connectivity index (χ2v) is 7.26. The summed E-state index contributed by atoms with van der Waals surface area (Å²) in [7, 11) is 0. The zero-order chi connectivity index (χ0) is 17.6. The SMILES string of the molecule is O=C(C[C@@H](c1ccc(Cl)cc1)[C@@H]1CCCCCC1=O)c1ccccc1. The van der Waals surface area contributed by atoms with E-state index in [9.17, 15) is 9.59 Å². The quantitative estimate of drug-likeness (QED) is 0.498. The van der Waals surface area contributed by atoms with E-state index in [1.165, 1.54) is 0 Å². The Kier molecular flexibility index (Phi) is 6.04. The van der Waals surface area contributed by atoms with Gasteiger partial charge in [-0.15, -0.1) is 0 Å². The first-order valence-corrected chi connectivity index (χ1v) is 9.39. The lowest BCUT2D eigenvalue weighted by Crippen LogP contribution is -2.24. The third-order valence-electron chi connectivity index (χ3n) is 5.14. The van der Waals surface area contributed by atoms with Crippen LogP contribution < -0.4 is 0 Å². The lowest BCUT2D eigenvalue weighted by atomic mass is 9.77. The molecule has 0 unspecified atom stereocenters. The third-order valence-corrected chi connectivity index (χ3v) is 5.39. The van der Waals surface area contributed by atoms with E-state index in [4.69, 9.17) is 11.6 Å². The number of carbonyl (C=O) groups excluding carboxylic acids is 2. The minimum absolute atomic E-state index is 0.0728. The van der Waals surface area contributed by atoms with Gasteiger partial charge in [-0.05, 0) is 30.5 Å². The highest BCUT2D eigenvalue weighted by atomic mass is 35.5. The van der Waals surface area contributed by atoms with Crippen molar-refractivity contribution in [2.45, 2.75) is 44.4 Å². The van der Waals surface area contributed by atoms with Gasteiger partial charge in [0.1, 0.15) is 5.78 Å². The standard InChI is InChI=1S/C22H23ClO2/c23-18-13-11-16(12-14-18)20(19-9-5-2-6-10-21(19)24)15-22(25)17-7-3-1-4-8-17/h1,3-4,7-8,11-14,19-20H,2,5-6,9-10,15H2/t19-,20-/m0/s1. The summed E-state index contributed by atoms with van der Waals surface area (Å²) >= 11 is 6.02. The Balaban J connectivity index is 1.89. The number of hydrogen-bond donors (Lipinski definition) is 0. The largest absolute Gasteiger partial charge is 0.299 e. The maximum atomic E-state index is 12.8. The molecular weight excluding hydrogens is 332 g/mol. The number of rotatable bonds is 5. The van der Waals surface area contributed by atoms with Gasteiger partial charge in [-0.25, -0.2) is 0 Å². The highest BCUT2D eigenvalue weighted by molar-refractivity contribution is 6.30. The van der Waals surface area contributed by atoms with Crippen LogP contribution in [0.2, 0.25) is 5.02 Å². The fourth-order valence-electron chi connectivity index (χ4n) is 3.76. The van der Waals surface area contributed by atoms with Crippen molar-refractivity contribution in [1.82, 2.24) is 0 Å². The molecule has 25 heavy (non-hydrogen) atoms. The summed E-state index contributed by atoms with van der Waals surface area (Å²) in [5.74, 6) is 0.253. The van der Waals surface area contributed by atoms with E-state index in [1.54, 1.807) is 0 Å². The Labute approximate surface area is 154 Å². The van der Waals surface area contributed by atoms with Crippen molar-refractivity contribution in [3.05, 3.63) is 70.7 Å². The second-order valence-electron chi connectivity index (χ2n) is 6.82. The predicted octanol–water partition coefficient (Wildman–Crippen LogP) is 5.85. The molecule has 0 bridgehead atoms. The Bertz CT molecular complexity index is 721. The molecule has 0 spiro atoms. The molecule has 0 aliphatic heterocycles. The molecule has 1 saturated carbocycles. The molecule has 1 aliphatic rings. The van der Waals surface area contributed by atoms with Crippen molar-refractivity contribution in [3.63, 3.8) is 0 Å².